The van der Waals surface area contributed by atoms with Crippen LogP contribution < -0.4 is 10.7 Å². The van der Waals surface area contributed by atoms with E-state index in [1.807, 2.05) is 20.8 Å². The predicted molar refractivity (Wildman–Crippen MR) is 74.1 cm³/mol. The van der Waals surface area contributed by atoms with Crippen molar-refractivity contribution in [2.75, 3.05) is 0 Å². The molecule has 3 saturated carbocycles. The minimum atomic E-state index is -0.599. The van der Waals surface area contributed by atoms with Gasteiger partial charge in [-0.3, -0.25) is 9.59 Å². The van der Waals surface area contributed by atoms with Gasteiger partial charge in [-0.2, -0.15) is 5.90 Å². The van der Waals surface area contributed by atoms with Gasteiger partial charge in [0.15, 0.2) is 11.6 Å². The Hall–Kier alpha value is -1.68. The smallest absolute Gasteiger partial charge is 0.151 e. The third-order valence-corrected chi connectivity index (χ3v) is 5.21. The topological polar surface area (TPSA) is 69.4 Å². The quantitative estimate of drug-likeness (QED) is 0.662. The minimum Gasteiger partial charge on any atom is -0.412 e. The second-order valence-electron chi connectivity index (χ2n) is 6.54. The number of hydrogen-bond donors (Lipinski definition) is 1. The van der Waals surface area contributed by atoms with Crippen LogP contribution in [0.25, 0.3) is 0 Å². The van der Waals surface area contributed by atoms with E-state index in [1.54, 1.807) is 18.2 Å². The van der Waals surface area contributed by atoms with E-state index in [-0.39, 0.29) is 28.8 Å². The molecule has 4 heteroatoms. The summed E-state index contributed by atoms with van der Waals surface area (Å²) in [7, 11) is 0. The summed E-state index contributed by atoms with van der Waals surface area (Å²) in [6, 6.07) is 5.26. The lowest BCUT2D eigenvalue weighted by atomic mass is 9.45. The Morgan fingerprint density at radius 3 is 2.25 bits per heavy atom. The Morgan fingerprint density at radius 2 is 1.80 bits per heavy atom. The van der Waals surface area contributed by atoms with E-state index in [2.05, 4.69) is 4.84 Å². The van der Waals surface area contributed by atoms with Gasteiger partial charge in [-0.15, -0.1) is 0 Å². The Kier molecular flexibility index (Phi) is 2.77. The molecule has 0 saturated heterocycles. The SMILES string of the molecule is Cc1cc(ON)ccc1C1C(=O)C2CC(C1=O)C2(C)C. The monoisotopic (exact) mass is 273 g/mol. The Labute approximate surface area is 118 Å². The average Bonchev–Trinajstić information content (AvgIpc) is 2.38. The summed E-state index contributed by atoms with van der Waals surface area (Å²) in [4.78, 5) is 29.9. The molecule has 0 amide bonds. The van der Waals surface area contributed by atoms with Crippen molar-refractivity contribution in [1.82, 2.24) is 0 Å². The van der Waals surface area contributed by atoms with Crippen LogP contribution in [0.2, 0.25) is 0 Å². The maximum atomic E-state index is 12.6. The van der Waals surface area contributed by atoms with Crippen molar-refractivity contribution in [2.24, 2.45) is 23.1 Å². The van der Waals surface area contributed by atoms with Crippen LogP contribution in [0.1, 0.15) is 37.3 Å². The fourth-order valence-corrected chi connectivity index (χ4v) is 3.79. The summed E-state index contributed by atoms with van der Waals surface area (Å²) >= 11 is 0. The highest BCUT2D eigenvalue weighted by Crippen LogP contribution is 2.59. The number of carbonyl (C=O) groups is 2. The van der Waals surface area contributed by atoms with E-state index >= 15 is 0 Å². The van der Waals surface area contributed by atoms with E-state index in [0.29, 0.717) is 5.75 Å². The van der Waals surface area contributed by atoms with Crippen molar-refractivity contribution in [1.29, 1.82) is 0 Å². The molecule has 0 aliphatic heterocycles. The molecule has 1 aromatic rings. The molecule has 2 unspecified atom stereocenters. The van der Waals surface area contributed by atoms with E-state index < -0.39 is 5.92 Å². The second kappa shape index (κ2) is 4.16. The lowest BCUT2D eigenvalue weighted by Crippen LogP contribution is -2.60. The lowest BCUT2D eigenvalue weighted by molar-refractivity contribution is -0.163. The molecule has 3 fully saturated rings. The Bertz CT molecular complexity index is 582. The number of nitrogens with two attached hydrogens (primary N) is 1. The van der Waals surface area contributed by atoms with Crippen LogP contribution in [0.15, 0.2) is 18.2 Å². The molecular formula is C16H19NO3. The van der Waals surface area contributed by atoms with Crippen molar-refractivity contribution in [2.45, 2.75) is 33.1 Å². The third-order valence-electron chi connectivity index (χ3n) is 5.21. The molecular weight excluding hydrogens is 254 g/mol. The molecule has 4 rings (SSSR count). The fourth-order valence-electron chi connectivity index (χ4n) is 3.79. The van der Waals surface area contributed by atoms with Gasteiger partial charge < -0.3 is 4.84 Å². The molecule has 3 aliphatic carbocycles. The maximum absolute atomic E-state index is 12.6. The molecule has 0 radical (unpaired) electrons. The first kappa shape index (κ1) is 13.3. The number of fused-ring (bicyclic) bond motifs is 2. The van der Waals surface area contributed by atoms with Crippen LogP contribution in [0.3, 0.4) is 0 Å². The first-order valence-corrected chi connectivity index (χ1v) is 6.92. The molecule has 106 valence electrons. The van der Waals surface area contributed by atoms with Crippen molar-refractivity contribution < 1.29 is 14.4 Å². The van der Waals surface area contributed by atoms with Crippen LogP contribution in [0, 0.1) is 24.2 Å². The number of aryl methyl sites for hydroxylation is 1. The van der Waals surface area contributed by atoms with E-state index in [1.165, 1.54) is 0 Å². The zero-order valence-corrected chi connectivity index (χ0v) is 12.0. The first-order chi connectivity index (χ1) is 9.37. The van der Waals surface area contributed by atoms with Gasteiger partial charge in [0.25, 0.3) is 0 Å². The fraction of sp³-hybridized carbons (Fsp3) is 0.500. The summed E-state index contributed by atoms with van der Waals surface area (Å²) in [5, 5.41) is 0. The number of Topliss-reactive ketones (excluding diaryl/α,β-unsaturated/α-hetero) is 2. The number of benzene rings is 1. The van der Waals surface area contributed by atoms with E-state index in [9.17, 15) is 9.59 Å². The molecule has 3 aliphatic rings. The van der Waals surface area contributed by atoms with Crippen LogP contribution in [-0.4, -0.2) is 11.6 Å². The first-order valence-electron chi connectivity index (χ1n) is 6.92. The zero-order valence-electron chi connectivity index (χ0n) is 12.0. The van der Waals surface area contributed by atoms with Gasteiger partial charge in [0.1, 0.15) is 11.7 Å². The summed E-state index contributed by atoms with van der Waals surface area (Å²) in [5.74, 6) is 5.25. The Morgan fingerprint density at radius 1 is 1.20 bits per heavy atom. The molecule has 1 aromatic carbocycles. The number of carbonyl (C=O) groups excluding carboxylic acids is 2. The third kappa shape index (κ3) is 1.57. The van der Waals surface area contributed by atoms with Crippen molar-refractivity contribution in [3.8, 4) is 5.75 Å². The van der Waals surface area contributed by atoms with Gasteiger partial charge in [0.05, 0.1) is 0 Å². The highest BCUT2D eigenvalue weighted by molar-refractivity contribution is 6.14. The summed E-state index contributed by atoms with van der Waals surface area (Å²) in [6.45, 7) is 5.93. The lowest BCUT2D eigenvalue weighted by Gasteiger charge is -2.56. The summed E-state index contributed by atoms with van der Waals surface area (Å²) in [6.07, 6.45) is 0.726. The standard InChI is InChI=1S/C16H19NO3/c1-8-6-9(20-17)4-5-10(8)13-14(18)11-7-12(15(13)19)16(11,2)3/h4-6,11-13H,7,17H2,1-3H3. The van der Waals surface area contributed by atoms with Crippen LogP contribution in [0.5, 0.6) is 5.75 Å². The van der Waals surface area contributed by atoms with E-state index in [0.717, 1.165) is 17.5 Å². The zero-order chi connectivity index (χ0) is 14.7. The highest BCUT2D eigenvalue weighted by atomic mass is 16.6. The van der Waals surface area contributed by atoms with E-state index in [4.69, 9.17) is 5.90 Å². The molecule has 0 heterocycles. The highest BCUT2D eigenvalue weighted by Gasteiger charge is 2.62. The molecule has 2 N–H and O–H groups in total. The molecule has 2 bridgehead atoms. The van der Waals surface area contributed by atoms with Gasteiger partial charge in [0, 0.05) is 11.8 Å². The van der Waals surface area contributed by atoms with Crippen LogP contribution >= 0.6 is 0 Å². The minimum absolute atomic E-state index is 0.0139. The molecule has 20 heavy (non-hydrogen) atoms. The van der Waals surface area contributed by atoms with Gasteiger partial charge in [0.2, 0.25) is 0 Å². The van der Waals surface area contributed by atoms with Gasteiger partial charge in [-0.1, -0.05) is 19.9 Å². The number of ketones is 2. The van der Waals surface area contributed by atoms with Crippen LogP contribution in [-0.2, 0) is 9.59 Å². The average molecular weight is 273 g/mol. The largest absolute Gasteiger partial charge is 0.412 e. The normalized spacial score (nSPS) is 30.9. The Balaban J connectivity index is 2.00. The predicted octanol–water partition coefficient (Wildman–Crippen LogP) is 2.15. The molecule has 2 atom stereocenters. The molecule has 0 aromatic heterocycles. The summed E-state index contributed by atoms with van der Waals surface area (Å²) in [5.41, 5.74) is 1.50. The van der Waals surface area contributed by atoms with Crippen LogP contribution in [0.4, 0.5) is 0 Å². The van der Waals surface area contributed by atoms with Crippen molar-refractivity contribution in [3.05, 3.63) is 29.3 Å². The van der Waals surface area contributed by atoms with Gasteiger partial charge >= 0.3 is 0 Å². The van der Waals surface area contributed by atoms with Gasteiger partial charge in [-0.25, -0.2) is 0 Å². The molecule has 0 spiro atoms. The second-order valence-corrected chi connectivity index (χ2v) is 6.54. The molecule has 4 nitrogen and oxygen atoms in total. The number of rotatable bonds is 2. The van der Waals surface area contributed by atoms with Crippen molar-refractivity contribution >= 4 is 11.6 Å². The van der Waals surface area contributed by atoms with Crippen molar-refractivity contribution in [3.63, 3.8) is 0 Å². The summed E-state index contributed by atoms with van der Waals surface area (Å²) < 4.78 is 0. The number of hydrogen-bond acceptors (Lipinski definition) is 4. The maximum Gasteiger partial charge on any atom is 0.151 e. The van der Waals surface area contributed by atoms with Gasteiger partial charge in [-0.05, 0) is 42.0 Å².